The van der Waals surface area contributed by atoms with E-state index < -0.39 is 5.97 Å². The number of nitrogens with one attached hydrogen (secondary N) is 1. The van der Waals surface area contributed by atoms with Gasteiger partial charge in [-0.25, -0.2) is 4.98 Å². The molecule has 2 aromatic rings. The van der Waals surface area contributed by atoms with Gasteiger partial charge in [0.05, 0.1) is 12.7 Å². The van der Waals surface area contributed by atoms with Gasteiger partial charge in [-0.1, -0.05) is 6.92 Å². The normalized spacial score (nSPS) is 12.6. The van der Waals surface area contributed by atoms with Gasteiger partial charge in [-0.15, -0.1) is 0 Å². The molecule has 0 aliphatic heterocycles. The molecule has 2 rings (SSSR count). The van der Waals surface area contributed by atoms with Crippen molar-refractivity contribution >= 4 is 5.97 Å². The van der Waals surface area contributed by atoms with Gasteiger partial charge in [-0.05, 0) is 19.1 Å². The summed E-state index contributed by atoms with van der Waals surface area (Å²) in [5.41, 5.74) is 1.62. The van der Waals surface area contributed by atoms with E-state index in [2.05, 4.69) is 9.97 Å². The molecule has 0 aromatic carbocycles. The lowest BCUT2D eigenvalue weighted by Gasteiger charge is -2.03. The van der Waals surface area contributed by atoms with Gasteiger partial charge in [0.2, 0.25) is 0 Å². The zero-order chi connectivity index (χ0) is 12.4. The first-order valence-corrected chi connectivity index (χ1v) is 5.40. The number of aliphatic carboxylic acids is 1. The third-order valence-corrected chi connectivity index (χ3v) is 2.61. The molecule has 0 radical (unpaired) electrons. The zero-order valence-corrected chi connectivity index (χ0v) is 9.73. The van der Waals surface area contributed by atoms with Gasteiger partial charge in [0.1, 0.15) is 11.5 Å². The van der Waals surface area contributed by atoms with Crippen molar-refractivity contribution < 1.29 is 14.3 Å². The van der Waals surface area contributed by atoms with Crippen LogP contribution in [0.25, 0.3) is 11.5 Å². The highest BCUT2D eigenvalue weighted by molar-refractivity contribution is 5.67. The predicted octanol–water partition coefficient (Wildman–Crippen LogP) is 2.56. The van der Waals surface area contributed by atoms with Crippen molar-refractivity contribution in [1.29, 1.82) is 0 Å². The Labute approximate surface area is 98.5 Å². The average molecular weight is 234 g/mol. The summed E-state index contributed by atoms with van der Waals surface area (Å²) in [6.07, 6.45) is 1.65. The second-order valence-electron chi connectivity index (χ2n) is 4.07. The number of hydrogen-bond acceptors (Lipinski definition) is 3. The van der Waals surface area contributed by atoms with Crippen LogP contribution in [0.3, 0.4) is 0 Å². The molecule has 2 N–H and O–H groups in total. The lowest BCUT2D eigenvalue weighted by Crippen LogP contribution is -2.04. The van der Waals surface area contributed by atoms with Crippen molar-refractivity contribution in [2.24, 2.45) is 0 Å². The smallest absolute Gasteiger partial charge is 0.304 e. The molecule has 90 valence electrons. The summed E-state index contributed by atoms with van der Waals surface area (Å²) in [5.74, 6) is 0.393. The summed E-state index contributed by atoms with van der Waals surface area (Å²) in [6.45, 7) is 3.72. The van der Waals surface area contributed by atoms with Gasteiger partial charge in [-0.3, -0.25) is 4.79 Å². The molecule has 17 heavy (non-hydrogen) atoms. The maximum Gasteiger partial charge on any atom is 0.304 e. The molecule has 0 spiro atoms. The fourth-order valence-electron chi connectivity index (χ4n) is 1.73. The van der Waals surface area contributed by atoms with E-state index in [0.29, 0.717) is 11.6 Å². The third kappa shape index (κ3) is 2.38. The standard InChI is InChI=1S/C12H14N2O3/c1-7(6-10(15)16)12-13-8(2)11(14-12)9-4-3-5-17-9/h3-5,7H,6H2,1-2H3,(H,13,14)(H,15,16). The Morgan fingerprint density at radius 3 is 3.00 bits per heavy atom. The van der Waals surface area contributed by atoms with Crippen LogP contribution in [-0.4, -0.2) is 21.0 Å². The van der Waals surface area contributed by atoms with Gasteiger partial charge in [0.25, 0.3) is 0 Å². The molecule has 5 nitrogen and oxygen atoms in total. The molecule has 0 amide bonds. The SMILES string of the molecule is Cc1[nH]c(C(C)CC(=O)O)nc1-c1ccco1. The Morgan fingerprint density at radius 1 is 1.65 bits per heavy atom. The monoisotopic (exact) mass is 234 g/mol. The van der Waals surface area contributed by atoms with Gasteiger partial charge >= 0.3 is 5.97 Å². The minimum absolute atomic E-state index is 0.0601. The van der Waals surface area contributed by atoms with Crippen molar-refractivity contribution in [1.82, 2.24) is 9.97 Å². The van der Waals surface area contributed by atoms with Crippen LogP contribution >= 0.6 is 0 Å². The van der Waals surface area contributed by atoms with Crippen LogP contribution in [0.5, 0.6) is 0 Å². The third-order valence-electron chi connectivity index (χ3n) is 2.61. The number of aromatic amines is 1. The lowest BCUT2D eigenvalue weighted by molar-refractivity contribution is -0.137. The van der Waals surface area contributed by atoms with Crippen LogP contribution in [0.2, 0.25) is 0 Å². The van der Waals surface area contributed by atoms with Gasteiger partial charge in [0.15, 0.2) is 5.76 Å². The van der Waals surface area contributed by atoms with E-state index in [9.17, 15) is 4.79 Å². The topological polar surface area (TPSA) is 79.1 Å². The number of aromatic nitrogens is 2. The van der Waals surface area contributed by atoms with Crippen molar-refractivity contribution in [3.05, 3.63) is 29.9 Å². The zero-order valence-electron chi connectivity index (χ0n) is 9.73. The van der Waals surface area contributed by atoms with Crippen LogP contribution in [0.4, 0.5) is 0 Å². The molecule has 0 saturated carbocycles. The second-order valence-corrected chi connectivity index (χ2v) is 4.07. The van der Waals surface area contributed by atoms with Crippen LogP contribution in [0, 0.1) is 6.92 Å². The highest BCUT2D eigenvalue weighted by Crippen LogP contribution is 2.25. The molecule has 0 aliphatic carbocycles. The minimum atomic E-state index is -0.828. The van der Waals surface area contributed by atoms with Gasteiger partial charge < -0.3 is 14.5 Å². The van der Waals surface area contributed by atoms with E-state index in [4.69, 9.17) is 9.52 Å². The fraction of sp³-hybridized carbons (Fsp3) is 0.333. The molecule has 0 bridgehead atoms. The molecule has 5 heteroatoms. The number of hydrogen-bond donors (Lipinski definition) is 2. The number of carboxylic acids is 1. The van der Waals surface area contributed by atoms with E-state index in [1.165, 1.54) is 0 Å². The summed E-state index contributed by atoms with van der Waals surface area (Å²) < 4.78 is 5.28. The lowest BCUT2D eigenvalue weighted by atomic mass is 10.1. The van der Waals surface area contributed by atoms with Crippen LogP contribution < -0.4 is 0 Å². The number of aryl methyl sites for hydroxylation is 1. The molecule has 0 fully saturated rings. The average Bonchev–Trinajstić information content (AvgIpc) is 2.84. The molecular weight excluding hydrogens is 220 g/mol. The van der Waals surface area contributed by atoms with Crippen LogP contribution in [0.15, 0.2) is 22.8 Å². The summed E-state index contributed by atoms with van der Waals surface area (Å²) in [5, 5.41) is 8.75. The maximum absolute atomic E-state index is 10.6. The summed E-state index contributed by atoms with van der Waals surface area (Å²) >= 11 is 0. The number of imidazole rings is 1. The highest BCUT2D eigenvalue weighted by atomic mass is 16.4. The van der Waals surface area contributed by atoms with Gasteiger partial charge in [-0.2, -0.15) is 0 Å². The number of H-pyrrole nitrogens is 1. The van der Waals surface area contributed by atoms with Crippen molar-refractivity contribution in [2.45, 2.75) is 26.2 Å². The molecule has 1 unspecified atom stereocenters. The summed E-state index contributed by atoms with van der Waals surface area (Å²) in [7, 11) is 0. The first-order valence-electron chi connectivity index (χ1n) is 5.40. The van der Waals surface area contributed by atoms with E-state index in [1.807, 2.05) is 19.9 Å². The molecular formula is C12H14N2O3. The van der Waals surface area contributed by atoms with Crippen molar-refractivity contribution in [3.63, 3.8) is 0 Å². The number of nitrogens with zero attached hydrogens (tertiary/aromatic N) is 1. The molecule has 2 heterocycles. The number of furan rings is 1. The number of carbonyl (C=O) groups is 1. The largest absolute Gasteiger partial charge is 0.481 e. The van der Waals surface area contributed by atoms with Crippen molar-refractivity contribution in [3.8, 4) is 11.5 Å². The van der Waals surface area contributed by atoms with Gasteiger partial charge in [0, 0.05) is 11.6 Å². The Bertz CT molecular complexity index is 514. The molecule has 0 saturated heterocycles. The Morgan fingerprint density at radius 2 is 2.41 bits per heavy atom. The first-order chi connectivity index (χ1) is 8.08. The van der Waals surface area contributed by atoms with Crippen LogP contribution in [-0.2, 0) is 4.79 Å². The Balaban J connectivity index is 2.27. The van der Waals surface area contributed by atoms with E-state index in [1.54, 1.807) is 12.3 Å². The minimum Gasteiger partial charge on any atom is -0.481 e. The molecule has 2 aromatic heterocycles. The predicted molar refractivity (Wildman–Crippen MR) is 61.7 cm³/mol. The summed E-state index contributed by atoms with van der Waals surface area (Å²) in [6, 6.07) is 3.62. The Kier molecular flexibility index (Phi) is 2.99. The first kappa shape index (κ1) is 11.4. The van der Waals surface area contributed by atoms with Crippen molar-refractivity contribution in [2.75, 3.05) is 0 Å². The quantitative estimate of drug-likeness (QED) is 0.852. The highest BCUT2D eigenvalue weighted by Gasteiger charge is 2.17. The molecule has 1 atom stereocenters. The number of rotatable bonds is 4. The summed E-state index contributed by atoms with van der Waals surface area (Å²) in [4.78, 5) is 18.1. The van der Waals surface area contributed by atoms with E-state index in [0.717, 1.165) is 11.4 Å². The van der Waals surface area contributed by atoms with E-state index >= 15 is 0 Å². The van der Waals surface area contributed by atoms with E-state index in [-0.39, 0.29) is 12.3 Å². The fourth-order valence-corrected chi connectivity index (χ4v) is 1.73. The second kappa shape index (κ2) is 4.45. The van der Waals surface area contributed by atoms with Crippen LogP contribution in [0.1, 0.15) is 30.8 Å². The molecule has 0 aliphatic rings. The number of carboxylic acid groups (broad SMARTS) is 1. The Hall–Kier alpha value is -2.04. The maximum atomic E-state index is 10.6.